The van der Waals surface area contributed by atoms with Crippen molar-refractivity contribution < 1.29 is 0 Å². The average molecular weight is 816 g/mol. The third kappa shape index (κ3) is 5.81. The molecule has 298 valence electrons. The van der Waals surface area contributed by atoms with Crippen molar-refractivity contribution in [3.8, 4) is 68.2 Å². The maximum atomic E-state index is 9.74. The Hall–Kier alpha value is -8.72. The summed E-state index contributed by atoms with van der Waals surface area (Å²) in [6.07, 6.45) is 0. The van der Waals surface area contributed by atoms with Gasteiger partial charge in [-0.25, -0.2) is 15.0 Å². The molecule has 2 heterocycles. The Morgan fingerprint density at radius 2 is 0.953 bits per heavy atom. The van der Waals surface area contributed by atoms with Gasteiger partial charge in [-0.05, 0) is 87.0 Å². The van der Waals surface area contributed by atoms with Crippen LogP contribution >= 0.6 is 0 Å². The molecule has 0 radical (unpaired) electrons. The van der Waals surface area contributed by atoms with Crippen molar-refractivity contribution in [2.24, 2.45) is 0 Å². The van der Waals surface area contributed by atoms with E-state index in [9.17, 15) is 5.26 Å². The third-order valence-electron chi connectivity index (χ3n) is 12.7. The van der Waals surface area contributed by atoms with E-state index in [4.69, 9.17) is 15.0 Å². The predicted octanol–water partition coefficient (Wildman–Crippen LogP) is 13.9. The highest BCUT2D eigenvalue weighted by Gasteiger charge is 2.47. The molecule has 0 saturated carbocycles. The number of rotatable bonds is 7. The predicted molar refractivity (Wildman–Crippen MR) is 258 cm³/mol. The Morgan fingerprint density at radius 1 is 0.406 bits per heavy atom. The van der Waals surface area contributed by atoms with Crippen LogP contribution in [0.5, 0.6) is 0 Å². The third-order valence-corrected chi connectivity index (χ3v) is 12.7. The molecule has 0 fully saturated rings. The number of benzene rings is 9. The fourth-order valence-corrected chi connectivity index (χ4v) is 9.99. The largest absolute Gasteiger partial charge is 0.309 e. The van der Waals surface area contributed by atoms with Gasteiger partial charge >= 0.3 is 0 Å². The summed E-state index contributed by atoms with van der Waals surface area (Å²) in [4.78, 5) is 15.1. The Balaban J connectivity index is 1.13. The van der Waals surface area contributed by atoms with Crippen LogP contribution in [0.25, 0.3) is 83.9 Å². The molecular weight excluding hydrogens is 779 g/mol. The van der Waals surface area contributed by atoms with Crippen molar-refractivity contribution in [1.82, 2.24) is 19.5 Å². The smallest absolute Gasteiger partial charge is 0.164 e. The lowest BCUT2D eigenvalue weighted by Gasteiger charge is -2.33. The second-order valence-corrected chi connectivity index (χ2v) is 16.3. The fourth-order valence-electron chi connectivity index (χ4n) is 9.99. The average Bonchev–Trinajstić information content (AvgIpc) is 3.88. The minimum absolute atomic E-state index is 0.506. The Bertz CT molecular complexity index is 3570. The van der Waals surface area contributed by atoms with Gasteiger partial charge in [-0.2, -0.15) is 5.26 Å². The van der Waals surface area contributed by atoms with E-state index in [1.54, 1.807) is 6.07 Å². The number of fused-ring (bicyclic) bond motifs is 7. The van der Waals surface area contributed by atoms with Crippen LogP contribution in [0.15, 0.2) is 224 Å². The molecule has 0 spiro atoms. The molecule has 64 heavy (non-hydrogen) atoms. The molecule has 0 N–H and O–H groups in total. The lowest BCUT2D eigenvalue weighted by atomic mass is 9.67. The lowest BCUT2D eigenvalue weighted by Crippen LogP contribution is -2.28. The number of aromatic nitrogens is 4. The van der Waals surface area contributed by atoms with E-state index in [1.165, 1.54) is 49.7 Å². The second kappa shape index (κ2) is 15.0. The zero-order chi connectivity index (χ0) is 42.6. The fraction of sp³-hybridized carbons (Fsp3) is 0.0169. The molecule has 9 aromatic carbocycles. The van der Waals surface area contributed by atoms with Crippen LogP contribution in [-0.4, -0.2) is 19.5 Å². The Labute approximate surface area is 370 Å². The lowest BCUT2D eigenvalue weighted by molar-refractivity contribution is 0.769. The molecule has 0 bridgehead atoms. The summed E-state index contributed by atoms with van der Waals surface area (Å²) < 4.78 is 2.40. The standard InChI is InChI=1S/C59H37N5/c60-38-39-17-15-22-43(35-39)57-61-56(41-20-7-2-8-21-41)62-58(63-57)44-23-16-28-47(36-44)64-52-33-31-42(40-18-5-1-6-19-40)37-49(52)55-53(64)34-32-51-54(55)48-29-13-14-30-50(48)59(51,45-24-9-3-10-25-45)46-26-11-4-12-27-46/h1-37H. The van der Waals surface area contributed by atoms with E-state index in [0.717, 1.165) is 39.0 Å². The van der Waals surface area contributed by atoms with E-state index >= 15 is 0 Å². The van der Waals surface area contributed by atoms with Gasteiger partial charge in [-0.1, -0.05) is 182 Å². The zero-order valence-electron chi connectivity index (χ0n) is 34.6. The van der Waals surface area contributed by atoms with Gasteiger partial charge in [0.05, 0.1) is 28.1 Å². The number of hydrogen-bond donors (Lipinski definition) is 0. The van der Waals surface area contributed by atoms with Crippen molar-refractivity contribution in [2.45, 2.75) is 5.41 Å². The van der Waals surface area contributed by atoms with Crippen LogP contribution in [0, 0.1) is 11.3 Å². The van der Waals surface area contributed by atoms with E-state index in [1.807, 2.05) is 48.5 Å². The molecule has 1 aliphatic rings. The second-order valence-electron chi connectivity index (χ2n) is 16.3. The van der Waals surface area contributed by atoms with Gasteiger partial charge in [-0.15, -0.1) is 0 Å². The molecule has 5 heteroatoms. The number of nitriles is 1. The highest BCUT2D eigenvalue weighted by Crippen LogP contribution is 2.59. The highest BCUT2D eigenvalue weighted by atomic mass is 15.0. The highest BCUT2D eigenvalue weighted by molar-refractivity contribution is 6.19. The molecule has 1 aliphatic carbocycles. The van der Waals surface area contributed by atoms with E-state index in [-0.39, 0.29) is 0 Å². The molecule has 0 amide bonds. The minimum atomic E-state index is -0.534. The molecule has 0 atom stereocenters. The van der Waals surface area contributed by atoms with Gasteiger partial charge in [0, 0.05) is 33.2 Å². The molecule has 0 saturated heterocycles. The molecule has 2 aromatic heterocycles. The summed E-state index contributed by atoms with van der Waals surface area (Å²) in [5.74, 6) is 1.62. The first-order valence-corrected chi connectivity index (χ1v) is 21.5. The summed E-state index contributed by atoms with van der Waals surface area (Å²) in [5, 5.41) is 12.1. The van der Waals surface area contributed by atoms with Crippen LogP contribution < -0.4 is 0 Å². The summed E-state index contributed by atoms with van der Waals surface area (Å²) in [6.45, 7) is 0. The van der Waals surface area contributed by atoms with Crippen molar-refractivity contribution in [3.05, 3.63) is 252 Å². The number of nitrogens with zero attached hydrogens (tertiary/aromatic N) is 5. The van der Waals surface area contributed by atoms with Crippen LogP contribution in [0.2, 0.25) is 0 Å². The van der Waals surface area contributed by atoms with E-state index in [0.29, 0.717) is 23.0 Å². The van der Waals surface area contributed by atoms with Crippen LogP contribution in [0.1, 0.15) is 27.8 Å². The molecule has 5 nitrogen and oxygen atoms in total. The zero-order valence-corrected chi connectivity index (χ0v) is 34.6. The van der Waals surface area contributed by atoms with Crippen LogP contribution in [-0.2, 0) is 5.41 Å². The van der Waals surface area contributed by atoms with Crippen molar-refractivity contribution in [2.75, 3.05) is 0 Å². The monoisotopic (exact) mass is 815 g/mol. The van der Waals surface area contributed by atoms with Crippen molar-refractivity contribution >= 4 is 21.8 Å². The summed E-state index contributed by atoms with van der Waals surface area (Å²) in [7, 11) is 0. The Morgan fingerprint density at radius 3 is 1.62 bits per heavy atom. The Kier molecular flexibility index (Phi) is 8.70. The first-order valence-electron chi connectivity index (χ1n) is 21.5. The maximum absolute atomic E-state index is 9.74. The first-order chi connectivity index (χ1) is 31.7. The van der Waals surface area contributed by atoms with Gasteiger partial charge < -0.3 is 4.57 Å². The molecule has 0 aliphatic heterocycles. The SMILES string of the molecule is N#Cc1cccc(-c2nc(-c3ccccc3)nc(-c3cccc(-n4c5ccc(-c6ccccc6)cc5c5c6c(ccc54)C(c4ccccc4)(c4ccccc4)c4ccccc4-6)c3)n2)c1. The van der Waals surface area contributed by atoms with Crippen molar-refractivity contribution in [1.29, 1.82) is 5.26 Å². The van der Waals surface area contributed by atoms with Gasteiger partial charge in [0.25, 0.3) is 0 Å². The van der Waals surface area contributed by atoms with Crippen LogP contribution in [0.4, 0.5) is 0 Å². The van der Waals surface area contributed by atoms with Gasteiger partial charge in [-0.3, -0.25) is 0 Å². The summed E-state index contributed by atoms with van der Waals surface area (Å²) in [5.41, 5.74) is 15.5. The summed E-state index contributed by atoms with van der Waals surface area (Å²) in [6, 6.07) is 81.3. The minimum Gasteiger partial charge on any atom is -0.309 e. The molecule has 11 aromatic rings. The topological polar surface area (TPSA) is 67.4 Å². The van der Waals surface area contributed by atoms with E-state index in [2.05, 4.69) is 180 Å². The van der Waals surface area contributed by atoms with Crippen molar-refractivity contribution in [3.63, 3.8) is 0 Å². The van der Waals surface area contributed by atoms with Gasteiger partial charge in [0.1, 0.15) is 0 Å². The van der Waals surface area contributed by atoms with E-state index < -0.39 is 5.41 Å². The van der Waals surface area contributed by atoms with Crippen LogP contribution in [0.3, 0.4) is 0 Å². The molecule has 0 unspecified atom stereocenters. The normalized spacial score (nSPS) is 12.5. The first kappa shape index (κ1) is 37.1. The molecule has 12 rings (SSSR count). The quantitative estimate of drug-likeness (QED) is 0.161. The number of hydrogen-bond acceptors (Lipinski definition) is 4. The molecular formula is C59H37N5. The maximum Gasteiger partial charge on any atom is 0.164 e. The van der Waals surface area contributed by atoms with Gasteiger partial charge in [0.15, 0.2) is 17.5 Å². The summed E-state index contributed by atoms with van der Waals surface area (Å²) >= 11 is 0. The van der Waals surface area contributed by atoms with Gasteiger partial charge in [0.2, 0.25) is 0 Å².